The minimum absolute atomic E-state index is 0.309. The molecule has 7 heteroatoms. The quantitative estimate of drug-likeness (QED) is 0.844. The Hall–Kier alpha value is -2.40. The molecule has 1 aliphatic carbocycles. The van der Waals surface area contributed by atoms with Crippen molar-refractivity contribution in [2.75, 3.05) is 0 Å². The molecule has 4 unspecified atom stereocenters. The molecular weight excluding hydrogens is 324 g/mol. The SMILES string of the molecule is N#CC1(C#N)C2CCCCC23OC(=N)C1(C#N)C(c1cccs1)O3. The minimum Gasteiger partial charge on any atom is -0.447 e. The van der Waals surface area contributed by atoms with Gasteiger partial charge < -0.3 is 9.47 Å². The lowest BCUT2D eigenvalue weighted by molar-refractivity contribution is -0.360. The van der Waals surface area contributed by atoms with Crippen molar-refractivity contribution in [1.82, 2.24) is 0 Å². The summed E-state index contributed by atoms with van der Waals surface area (Å²) >= 11 is 1.40. The highest BCUT2D eigenvalue weighted by Gasteiger charge is 2.80. The van der Waals surface area contributed by atoms with E-state index in [1.165, 1.54) is 11.3 Å². The standard InChI is InChI=1S/C17H14N4O2S/c18-8-15(9-19)12-5-1-2-6-17(12)22-13(11-4-3-7-24-11)16(15,10-20)14(21)23-17/h3-4,7,12-13,21H,1-2,5-6H2. The van der Waals surface area contributed by atoms with Crippen LogP contribution in [0.1, 0.15) is 36.7 Å². The van der Waals surface area contributed by atoms with E-state index in [1.54, 1.807) is 0 Å². The number of fused-ring (bicyclic) bond motifs is 2. The van der Waals surface area contributed by atoms with E-state index in [0.29, 0.717) is 12.8 Å². The molecule has 120 valence electrons. The molecule has 4 aliphatic rings. The Kier molecular flexibility index (Phi) is 3.03. The Morgan fingerprint density at radius 2 is 2.00 bits per heavy atom. The van der Waals surface area contributed by atoms with Crippen LogP contribution in [0.2, 0.25) is 0 Å². The average Bonchev–Trinajstić information content (AvgIpc) is 3.14. The van der Waals surface area contributed by atoms with Gasteiger partial charge in [0.05, 0.1) is 24.1 Å². The predicted octanol–water partition coefficient (Wildman–Crippen LogP) is 3.26. The summed E-state index contributed by atoms with van der Waals surface area (Å²) in [5.74, 6) is -2.00. The van der Waals surface area contributed by atoms with Gasteiger partial charge in [-0.1, -0.05) is 12.5 Å². The van der Waals surface area contributed by atoms with E-state index in [2.05, 4.69) is 18.2 Å². The van der Waals surface area contributed by atoms with Crippen LogP contribution in [0.4, 0.5) is 0 Å². The van der Waals surface area contributed by atoms with Crippen molar-refractivity contribution in [3.05, 3.63) is 22.4 Å². The highest BCUT2D eigenvalue weighted by Crippen LogP contribution is 2.69. The second-order valence-corrected chi connectivity index (χ2v) is 7.49. The van der Waals surface area contributed by atoms with Crippen molar-refractivity contribution in [1.29, 1.82) is 21.2 Å². The molecule has 1 spiro atoms. The van der Waals surface area contributed by atoms with Crippen molar-refractivity contribution >= 4 is 17.2 Å². The Bertz CT molecular complexity index is 816. The van der Waals surface area contributed by atoms with Crippen molar-refractivity contribution in [2.24, 2.45) is 16.7 Å². The third-order valence-electron chi connectivity index (χ3n) is 5.62. The number of rotatable bonds is 1. The molecule has 0 aromatic carbocycles. The second-order valence-electron chi connectivity index (χ2n) is 6.51. The van der Waals surface area contributed by atoms with Gasteiger partial charge in [-0.25, -0.2) is 0 Å². The summed E-state index contributed by atoms with van der Waals surface area (Å²) in [5.41, 5.74) is -3.39. The van der Waals surface area contributed by atoms with Crippen LogP contribution in [0.3, 0.4) is 0 Å². The van der Waals surface area contributed by atoms with Gasteiger partial charge >= 0.3 is 0 Å². The van der Waals surface area contributed by atoms with Crippen molar-refractivity contribution in [3.63, 3.8) is 0 Å². The predicted molar refractivity (Wildman–Crippen MR) is 83.4 cm³/mol. The fourth-order valence-electron chi connectivity index (χ4n) is 4.54. The van der Waals surface area contributed by atoms with Crippen LogP contribution in [0.5, 0.6) is 0 Å². The van der Waals surface area contributed by atoms with Crippen molar-refractivity contribution in [2.45, 2.75) is 37.6 Å². The third kappa shape index (κ3) is 1.44. The molecule has 4 heterocycles. The number of thiophene rings is 1. The Labute approximate surface area is 143 Å². The third-order valence-corrected chi connectivity index (χ3v) is 6.53. The molecule has 2 bridgehead atoms. The molecule has 0 radical (unpaired) electrons. The molecular formula is C17H14N4O2S. The first-order valence-electron chi connectivity index (χ1n) is 7.83. The zero-order chi connectivity index (χ0) is 17.0. The second kappa shape index (κ2) is 4.80. The van der Waals surface area contributed by atoms with Crippen molar-refractivity contribution < 1.29 is 9.47 Å². The summed E-state index contributed by atoms with van der Waals surface area (Å²) < 4.78 is 12.1. The highest BCUT2D eigenvalue weighted by atomic mass is 32.1. The summed E-state index contributed by atoms with van der Waals surface area (Å²) in [6.07, 6.45) is 1.96. The lowest BCUT2D eigenvalue weighted by Gasteiger charge is -2.63. The maximum atomic E-state index is 10.0. The van der Waals surface area contributed by atoms with Crippen LogP contribution in [-0.2, 0) is 9.47 Å². The lowest BCUT2D eigenvalue weighted by Crippen LogP contribution is -2.73. The zero-order valence-corrected chi connectivity index (χ0v) is 13.6. The lowest BCUT2D eigenvalue weighted by atomic mass is 9.49. The molecule has 1 aromatic heterocycles. The summed E-state index contributed by atoms with van der Waals surface area (Å²) in [7, 11) is 0. The fraction of sp³-hybridized carbons (Fsp3) is 0.529. The van der Waals surface area contributed by atoms with Crippen LogP contribution in [0, 0.1) is 56.2 Å². The Morgan fingerprint density at radius 3 is 2.62 bits per heavy atom. The number of ether oxygens (including phenoxy) is 2. The summed E-state index contributed by atoms with van der Waals surface area (Å²) in [5, 5.41) is 40.3. The zero-order valence-electron chi connectivity index (χ0n) is 12.8. The van der Waals surface area contributed by atoms with E-state index in [0.717, 1.165) is 17.7 Å². The first-order valence-corrected chi connectivity index (χ1v) is 8.71. The fourth-order valence-corrected chi connectivity index (χ4v) is 5.36. The van der Waals surface area contributed by atoms with Gasteiger partial charge in [-0.05, 0) is 24.3 Å². The van der Waals surface area contributed by atoms with Crippen molar-refractivity contribution in [3.8, 4) is 18.2 Å². The number of nitrogens with zero attached hydrogens (tertiary/aromatic N) is 3. The molecule has 6 nitrogen and oxygen atoms in total. The molecule has 0 amide bonds. The number of hydrogen-bond acceptors (Lipinski definition) is 7. The normalized spacial score (nSPS) is 39.0. The monoisotopic (exact) mass is 338 g/mol. The van der Waals surface area contributed by atoms with Crippen LogP contribution in [-0.4, -0.2) is 11.7 Å². The van der Waals surface area contributed by atoms with E-state index in [1.807, 2.05) is 17.5 Å². The van der Waals surface area contributed by atoms with Gasteiger partial charge in [0.15, 0.2) is 10.8 Å². The largest absolute Gasteiger partial charge is 0.447 e. The van der Waals surface area contributed by atoms with E-state index >= 15 is 0 Å². The van der Waals surface area contributed by atoms with Gasteiger partial charge in [0.2, 0.25) is 11.7 Å². The van der Waals surface area contributed by atoms with Crippen LogP contribution < -0.4 is 0 Å². The molecule has 24 heavy (non-hydrogen) atoms. The summed E-state index contributed by atoms with van der Waals surface area (Å²) in [4.78, 5) is 0.739. The van der Waals surface area contributed by atoms with Crippen LogP contribution in [0.15, 0.2) is 17.5 Å². The molecule has 4 fully saturated rings. The highest BCUT2D eigenvalue weighted by molar-refractivity contribution is 7.10. The summed E-state index contributed by atoms with van der Waals surface area (Å²) in [6, 6.07) is 10.0. The molecule has 1 aromatic rings. The van der Waals surface area contributed by atoms with Gasteiger partial charge in [-0.2, -0.15) is 15.8 Å². The smallest absolute Gasteiger partial charge is 0.218 e. The van der Waals surface area contributed by atoms with Crippen LogP contribution in [0.25, 0.3) is 0 Å². The van der Waals surface area contributed by atoms with E-state index < -0.39 is 28.6 Å². The van der Waals surface area contributed by atoms with E-state index in [4.69, 9.17) is 14.9 Å². The Morgan fingerprint density at radius 1 is 1.21 bits per heavy atom. The van der Waals surface area contributed by atoms with Gasteiger partial charge in [-0.3, -0.25) is 5.41 Å². The van der Waals surface area contributed by atoms with Gasteiger partial charge in [0.25, 0.3) is 0 Å². The molecule has 4 atom stereocenters. The van der Waals surface area contributed by atoms with Gasteiger partial charge in [0.1, 0.15) is 6.10 Å². The Balaban J connectivity index is 2.03. The maximum absolute atomic E-state index is 10.0. The van der Waals surface area contributed by atoms with Gasteiger partial charge in [0, 0.05) is 11.3 Å². The first kappa shape index (κ1) is 15.1. The average molecular weight is 338 g/mol. The first-order chi connectivity index (χ1) is 11.6. The van der Waals surface area contributed by atoms with E-state index in [-0.39, 0.29) is 5.90 Å². The number of nitriles is 3. The van der Waals surface area contributed by atoms with Crippen LogP contribution >= 0.6 is 11.3 Å². The topological polar surface area (TPSA) is 114 Å². The number of hydrogen-bond donors (Lipinski definition) is 1. The molecule has 3 aliphatic heterocycles. The van der Waals surface area contributed by atoms with Gasteiger partial charge in [-0.15, -0.1) is 11.3 Å². The molecule has 3 saturated heterocycles. The molecule has 1 N–H and O–H groups in total. The van der Waals surface area contributed by atoms with E-state index in [9.17, 15) is 15.8 Å². The maximum Gasteiger partial charge on any atom is 0.218 e. The molecule has 1 saturated carbocycles. The number of nitrogens with one attached hydrogen (secondary N) is 1. The summed E-state index contributed by atoms with van der Waals surface area (Å²) in [6.45, 7) is 0. The minimum atomic E-state index is -1.74. The molecule has 5 rings (SSSR count).